The third-order valence-corrected chi connectivity index (χ3v) is 3.12. The summed E-state index contributed by atoms with van der Waals surface area (Å²) >= 11 is 0. The quantitative estimate of drug-likeness (QED) is 0.925. The molecule has 1 N–H and O–H groups in total. The first kappa shape index (κ1) is 14.0. The van der Waals surface area contributed by atoms with E-state index in [0.717, 1.165) is 16.9 Å². The summed E-state index contributed by atoms with van der Waals surface area (Å²) < 4.78 is 0. The number of anilines is 1. The summed E-state index contributed by atoms with van der Waals surface area (Å²) in [5.41, 5.74) is 2.52. The minimum atomic E-state index is -0.505. The largest absolute Gasteiger partial charge is 0.389 e. The van der Waals surface area contributed by atoms with Crippen LogP contribution in [-0.2, 0) is 6.54 Å². The molecule has 4 nitrogen and oxygen atoms in total. The van der Waals surface area contributed by atoms with Crippen molar-refractivity contribution in [1.29, 1.82) is 5.26 Å². The summed E-state index contributed by atoms with van der Waals surface area (Å²) in [6, 6.07) is 13.4. The van der Waals surface area contributed by atoms with Gasteiger partial charge in [0.05, 0.1) is 17.7 Å². The van der Waals surface area contributed by atoms with Crippen LogP contribution in [-0.4, -0.2) is 17.1 Å². The molecule has 0 bridgehead atoms. The lowest BCUT2D eigenvalue weighted by Gasteiger charge is -2.19. The fourth-order valence-corrected chi connectivity index (χ4v) is 1.96. The predicted molar refractivity (Wildman–Crippen MR) is 78.1 cm³/mol. The number of aliphatic hydroxyl groups excluding tert-OH is 1. The summed E-state index contributed by atoms with van der Waals surface area (Å²) in [5.74, 6) is 0.830. The van der Waals surface area contributed by atoms with Crippen LogP contribution >= 0.6 is 0 Å². The minimum absolute atomic E-state index is 0.505. The molecule has 1 atom stereocenters. The van der Waals surface area contributed by atoms with Crippen LogP contribution in [0, 0.1) is 11.3 Å². The van der Waals surface area contributed by atoms with Crippen LogP contribution in [0.5, 0.6) is 0 Å². The maximum absolute atomic E-state index is 9.46. The number of aromatic nitrogens is 1. The average molecular weight is 267 g/mol. The van der Waals surface area contributed by atoms with Gasteiger partial charge in [-0.1, -0.05) is 18.2 Å². The fraction of sp³-hybridized carbons (Fsp3) is 0.250. The van der Waals surface area contributed by atoms with Gasteiger partial charge in [-0.3, -0.25) is 0 Å². The van der Waals surface area contributed by atoms with E-state index in [1.54, 1.807) is 19.2 Å². The summed E-state index contributed by atoms with van der Waals surface area (Å²) in [4.78, 5) is 6.34. The lowest BCUT2D eigenvalue weighted by molar-refractivity contribution is 0.199. The molecule has 0 aliphatic carbocycles. The fourth-order valence-electron chi connectivity index (χ4n) is 1.96. The lowest BCUT2D eigenvalue weighted by atomic mass is 10.1. The molecule has 0 spiro atoms. The molecule has 0 radical (unpaired) electrons. The zero-order chi connectivity index (χ0) is 14.5. The average Bonchev–Trinajstić information content (AvgIpc) is 2.47. The first-order chi connectivity index (χ1) is 9.60. The van der Waals surface area contributed by atoms with E-state index >= 15 is 0 Å². The van der Waals surface area contributed by atoms with Crippen molar-refractivity contribution in [3.8, 4) is 6.07 Å². The van der Waals surface area contributed by atoms with Crippen molar-refractivity contribution in [2.45, 2.75) is 19.6 Å². The van der Waals surface area contributed by atoms with Crippen LogP contribution in [0.2, 0.25) is 0 Å². The molecule has 1 aromatic heterocycles. The van der Waals surface area contributed by atoms with Crippen LogP contribution < -0.4 is 4.90 Å². The van der Waals surface area contributed by atoms with Crippen molar-refractivity contribution in [2.75, 3.05) is 11.9 Å². The molecule has 0 saturated carbocycles. The van der Waals surface area contributed by atoms with E-state index in [9.17, 15) is 5.11 Å². The number of hydrogen-bond acceptors (Lipinski definition) is 4. The van der Waals surface area contributed by atoms with Crippen LogP contribution in [0.3, 0.4) is 0 Å². The standard InChI is InChI=1S/C16H17N3O/c1-12(20)15-6-7-16(18-10-15)19(2)11-14-5-3-4-13(8-14)9-17/h3-8,10,12,20H,11H2,1-2H3. The molecular weight excluding hydrogens is 250 g/mol. The molecule has 4 heteroatoms. The topological polar surface area (TPSA) is 60.1 Å². The van der Waals surface area contributed by atoms with Gasteiger partial charge in [-0.25, -0.2) is 4.98 Å². The summed E-state index contributed by atoms with van der Waals surface area (Å²) in [5, 5.41) is 18.4. The Morgan fingerprint density at radius 3 is 2.75 bits per heavy atom. The molecular formula is C16H17N3O. The number of pyridine rings is 1. The van der Waals surface area contributed by atoms with Crippen molar-refractivity contribution < 1.29 is 5.11 Å². The normalized spacial score (nSPS) is 11.7. The Labute approximate surface area is 118 Å². The molecule has 1 heterocycles. The Morgan fingerprint density at radius 1 is 1.35 bits per heavy atom. The number of rotatable bonds is 4. The van der Waals surface area contributed by atoms with Gasteiger partial charge < -0.3 is 10.0 Å². The first-order valence-electron chi connectivity index (χ1n) is 6.44. The smallest absolute Gasteiger partial charge is 0.128 e. The van der Waals surface area contributed by atoms with Gasteiger partial charge in [0.25, 0.3) is 0 Å². The number of nitriles is 1. The third kappa shape index (κ3) is 3.34. The highest BCUT2D eigenvalue weighted by atomic mass is 16.3. The molecule has 20 heavy (non-hydrogen) atoms. The van der Waals surface area contributed by atoms with Gasteiger partial charge in [-0.2, -0.15) is 5.26 Å². The SMILES string of the molecule is CC(O)c1ccc(N(C)Cc2cccc(C#N)c2)nc1. The van der Waals surface area contributed by atoms with Gasteiger partial charge in [0.1, 0.15) is 5.82 Å². The molecule has 2 rings (SSSR count). The number of nitrogens with zero attached hydrogens (tertiary/aromatic N) is 3. The van der Waals surface area contributed by atoms with E-state index in [1.807, 2.05) is 42.3 Å². The maximum Gasteiger partial charge on any atom is 0.128 e. The minimum Gasteiger partial charge on any atom is -0.389 e. The van der Waals surface area contributed by atoms with Gasteiger partial charge in [0, 0.05) is 19.8 Å². The second-order valence-electron chi connectivity index (χ2n) is 4.79. The van der Waals surface area contributed by atoms with E-state index in [4.69, 9.17) is 5.26 Å². The highest BCUT2D eigenvalue weighted by Gasteiger charge is 2.06. The van der Waals surface area contributed by atoms with E-state index in [0.29, 0.717) is 12.1 Å². The molecule has 102 valence electrons. The summed E-state index contributed by atoms with van der Waals surface area (Å²) in [7, 11) is 1.95. The van der Waals surface area contributed by atoms with Crippen molar-refractivity contribution in [2.24, 2.45) is 0 Å². The van der Waals surface area contributed by atoms with E-state index in [2.05, 4.69) is 11.1 Å². The van der Waals surface area contributed by atoms with Crippen molar-refractivity contribution in [3.05, 3.63) is 59.3 Å². The second kappa shape index (κ2) is 6.18. The number of hydrogen-bond donors (Lipinski definition) is 1. The second-order valence-corrected chi connectivity index (χ2v) is 4.79. The van der Waals surface area contributed by atoms with E-state index in [1.165, 1.54) is 0 Å². The monoisotopic (exact) mass is 267 g/mol. The van der Waals surface area contributed by atoms with E-state index in [-0.39, 0.29) is 0 Å². The van der Waals surface area contributed by atoms with Gasteiger partial charge in [0.15, 0.2) is 0 Å². The predicted octanol–water partition coefficient (Wildman–Crippen LogP) is 2.64. The van der Waals surface area contributed by atoms with Crippen molar-refractivity contribution in [1.82, 2.24) is 4.98 Å². The van der Waals surface area contributed by atoms with Crippen LogP contribution in [0.25, 0.3) is 0 Å². The molecule has 0 saturated heterocycles. The van der Waals surface area contributed by atoms with Crippen LogP contribution in [0.1, 0.15) is 29.7 Å². The highest BCUT2D eigenvalue weighted by Crippen LogP contribution is 2.17. The van der Waals surface area contributed by atoms with E-state index < -0.39 is 6.10 Å². The van der Waals surface area contributed by atoms with Crippen LogP contribution in [0.15, 0.2) is 42.6 Å². The summed E-state index contributed by atoms with van der Waals surface area (Å²) in [6.07, 6.45) is 1.18. The number of benzene rings is 1. The highest BCUT2D eigenvalue weighted by molar-refractivity contribution is 5.41. The van der Waals surface area contributed by atoms with Crippen molar-refractivity contribution >= 4 is 5.82 Å². The Hall–Kier alpha value is -2.38. The Balaban J connectivity index is 2.11. The third-order valence-electron chi connectivity index (χ3n) is 3.12. The van der Waals surface area contributed by atoms with Crippen LogP contribution in [0.4, 0.5) is 5.82 Å². The summed E-state index contributed by atoms with van der Waals surface area (Å²) in [6.45, 7) is 2.39. The van der Waals surface area contributed by atoms with Crippen molar-refractivity contribution in [3.63, 3.8) is 0 Å². The lowest BCUT2D eigenvalue weighted by Crippen LogP contribution is -2.17. The molecule has 0 amide bonds. The Kier molecular flexibility index (Phi) is 4.34. The van der Waals surface area contributed by atoms with Gasteiger partial charge in [-0.15, -0.1) is 0 Å². The molecule has 0 fully saturated rings. The molecule has 0 aliphatic heterocycles. The molecule has 2 aromatic rings. The zero-order valence-corrected chi connectivity index (χ0v) is 11.6. The molecule has 1 aromatic carbocycles. The van der Waals surface area contributed by atoms with Gasteiger partial charge >= 0.3 is 0 Å². The Morgan fingerprint density at radius 2 is 2.15 bits per heavy atom. The molecule has 1 unspecified atom stereocenters. The van der Waals surface area contributed by atoms with Gasteiger partial charge in [0.2, 0.25) is 0 Å². The zero-order valence-electron chi connectivity index (χ0n) is 11.6. The maximum atomic E-state index is 9.46. The molecule has 0 aliphatic rings. The first-order valence-corrected chi connectivity index (χ1v) is 6.44. The Bertz CT molecular complexity index is 614. The number of aliphatic hydroxyl groups is 1. The van der Waals surface area contributed by atoms with Gasteiger partial charge in [-0.05, 0) is 36.2 Å².